The third-order valence-electron chi connectivity index (χ3n) is 3.05. The van der Waals surface area contributed by atoms with Crippen molar-refractivity contribution in [3.8, 4) is 6.07 Å². The molecule has 0 amide bonds. The fraction of sp³-hybridized carbons (Fsp3) is 0.231. The first-order chi connectivity index (χ1) is 9.69. The number of para-hydroxylation sites is 1. The van der Waals surface area contributed by atoms with Gasteiger partial charge < -0.3 is 14.1 Å². The average molecular weight is 285 g/mol. The highest BCUT2D eigenvalue weighted by molar-refractivity contribution is 7.71. The molecule has 1 aromatic carbocycles. The molecule has 7 heteroatoms. The Kier molecular flexibility index (Phi) is 3.08. The molecule has 0 aliphatic carbocycles. The lowest BCUT2D eigenvalue weighted by molar-refractivity contribution is 0.369. The van der Waals surface area contributed by atoms with E-state index in [1.807, 2.05) is 16.7 Å². The summed E-state index contributed by atoms with van der Waals surface area (Å²) in [5.74, 6) is 1.20. The van der Waals surface area contributed by atoms with Crippen LogP contribution in [0.25, 0.3) is 11.0 Å². The summed E-state index contributed by atoms with van der Waals surface area (Å²) in [7, 11) is 0. The first-order valence-electron chi connectivity index (χ1n) is 6.10. The molecule has 2 heterocycles. The van der Waals surface area contributed by atoms with Crippen LogP contribution < -0.4 is 0 Å². The van der Waals surface area contributed by atoms with Crippen LogP contribution in [0.15, 0.2) is 22.7 Å². The van der Waals surface area contributed by atoms with Crippen molar-refractivity contribution in [3.63, 3.8) is 0 Å². The van der Waals surface area contributed by atoms with Gasteiger partial charge in [0.15, 0.2) is 10.6 Å². The molecule has 0 aliphatic heterocycles. The molecular formula is C13H11N5OS. The van der Waals surface area contributed by atoms with Gasteiger partial charge in [-0.05, 0) is 31.3 Å². The maximum atomic E-state index is 9.10. The van der Waals surface area contributed by atoms with Gasteiger partial charge in [0.1, 0.15) is 6.07 Å². The highest BCUT2D eigenvalue weighted by Crippen LogP contribution is 2.18. The van der Waals surface area contributed by atoms with Gasteiger partial charge in [0.25, 0.3) is 0 Å². The maximum absolute atomic E-state index is 9.10. The number of rotatable bonds is 3. The standard InChI is InChI=1S/C13H11N5OS/c1-8-15-11(19-17-8)5-6-18-10-4-2-3-9(7-14)12(10)16-13(18)20/h2-4H,5-6H2,1H3,(H,16,20). The van der Waals surface area contributed by atoms with Crippen LogP contribution >= 0.6 is 12.2 Å². The Hall–Kier alpha value is -2.46. The zero-order valence-corrected chi connectivity index (χ0v) is 11.6. The monoisotopic (exact) mass is 285 g/mol. The molecule has 0 aliphatic rings. The molecule has 0 saturated heterocycles. The predicted molar refractivity (Wildman–Crippen MR) is 74.6 cm³/mol. The van der Waals surface area contributed by atoms with Crippen LogP contribution in [0.5, 0.6) is 0 Å². The number of hydrogen-bond donors (Lipinski definition) is 1. The van der Waals surface area contributed by atoms with Gasteiger partial charge in [-0.25, -0.2) is 0 Å². The zero-order chi connectivity index (χ0) is 14.1. The molecule has 3 aromatic rings. The van der Waals surface area contributed by atoms with E-state index in [-0.39, 0.29) is 0 Å². The lowest BCUT2D eigenvalue weighted by Crippen LogP contribution is -2.01. The van der Waals surface area contributed by atoms with Crippen molar-refractivity contribution in [2.45, 2.75) is 19.9 Å². The molecule has 0 fully saturated rings. The third kappa shape index (κ3) is 2.10. The highest BCUT2D eigenvalue weighted by Gasteiger charge is 2.09. The quantitative estimate of drug-likeness (QED) is 0.747. The van der Waals surface area contributed by atoms with E-state index in [9.17, 15) is 0 Å². The molecule has 3 rings (SSSR count). The lowest BCUT2D eigenvalue weighted by Gasteiger charge is -2.01. The molecule has 0 spiro atoms. The summed E-state index contributed by atoms with van der Waals surface area (Å²) in [6, 6.07) is 7.70. The topological polar surface area (TPSA) is 83.4 Å². The summed E-state index contributed by atoms with van der Waals surface area (Å²) in [5.41, 5.74) is 2.26. The number of aromatic amines is 1. The molecule has 100 valence electrons. The second-order valence-corrected chi connectivity index (χ2v) is 4.77. The third-order valence-corrected chi connectivity index (χ3v) is 3.37. The summed E-state index contributed by atoms with van der Waals surface area (Å²) >= 11 is 5.31. The molecular weight excluding hydrogens is 274 g/mol. The Morgan fingerprint density at radius 2 is 2.35 bits per heavy atom. The van der Waals surface area contributed by atoms with Crippen LogP contribution in [-0.4, -0.2) is 19.7 Å². The fourth-order valence-corrected chi connectivity index (χ4v) is 2.44. The SMILES string of the molecule is Cc1noc(CCn2c(=S)[nH]c3c(C#N)cccc32)n1. The van der Waals surface area contributed by atoms with E-state index >= 15 is 0 Å². The van der Waals surface area contributed by atoms with Crippen LogP contribution in [-0.2, 0) is 13.0 Å². The number of aromatic nitrogens is 4. The van der Waals surface area contributed by atoms with Crippen LogP contribution in [0.1, 0.15) is 17.3 Å². The number of benzene rings is 1. The zero-order valence-electron chi connectivity index (χ0n) is 10.8. The Bertz CT molecular complexity index is 867. The van der Waals surface area contributed by atoms with Crippen LogP contribution in [0.2, 0.25) is 0 Å². The summed E-state index contributed by atoms with van der Waals surface area (Å²) < 4.78 is 7.61. The minimum Gasteiger partial charge on any atom is -0.339 e. The first-order valence-corrected chi connectivity index (χ1v) is 6.50. The van der Waals surface area contributed by atoms with E-state index in [0.29, 0.717) is 35.0 Å². The van der Waals surface area contributed by atoms with Gasteiger partial charge in [0.2, 0.25) is 5.89 Å². The number of nitriles is 1. The van der Waals surface area contributed by atoms with Crippen molar-refractivity contribution in [1.29, 1.82) is 5.26 Å². The van der Waals surface area contributed by atoms with Crippen LogP contribution in [0.3, 0.4) is 0 Å². The largest absolute Gasteiger partial charge is 0.339 e. The van der Waals surface area contributed by atoms with Gasteiger partial charge in [-0.1, -0.05) is 11.2 Å². The summed E-state index contributed by atoms with van der Waals surface area (Å²) in [6.07, 6.45) is 0.596. The highest BCUT2D eigenvalue weighted by atomic mass is 32.1. The van der Waals surface area contributed by atoms with Crippen molar-refractivity contribution >= 4 is 23.3 Å². The smallest absolute Gasteiger partial charge is 0.228 e. The predicted octanol–water partition coefficient (Wildman–Crippen LogP) is 2.50. The Balaban J connectivity index is 1.98. The number of aryl methyl sites for hydroxylation is 3. The van der Waals surface area contributed by atoms with Crippen LogP contribution in [0.4, 0.5) is 0 Å². The van der Waals surface area contributed by atoms with Crippen molar-refractivity contribution < 1.29 is 4.52 Å². The van der Waals surface area contributed by atoms with Gasteiger partial charge >= 0.3 is 0 Å². The lowest BCUT2D eigenvalue weighted by atomic mass is 10.2. The van der Waals surface area contributed by atoms with E-state index < -0.39 is 0 Å². The van der Waals surface area contributed by atoms with Crippen molar-refractivity contribution in [1.82, 2.24) is 19.7 Å². The summed E-state index contributed by atoms with van der Waals surface area (Å²) in [6.45, 7) is 2.40. The molecule has 0 atom stereocenters. The molecule has 1 N–H and O–H groups in total. The number of H-pyrrole nitrogens is 1. The minimum atomic E-state index is 0.579. The Morgan fingerprint density at radius 1 is 1.50 bits per heavy atom. The van der Waals surface area contributed by atoms with Crippen molar-refractivity contribution in [3.05, 3.63) is 40.2 Å². The molecule has 0 unspecified atom stereocenters. The van der Waals surface area contributed by atoms with E-state index in [1.54, 1.807) is 13.0 Å². The second-order valence-electron chi connectivity index (χ2n) is 4.38. The molecule has 20 heavy (non-hydrogen) atoms. The van der Waals surface area contributed by atoms with Gasteiger partial charge in [0, 0.05) is 13.0 Å². The van der Waals surface area contributed by atoms with Crippen molar-refractivity contribution in [2.75, 3.05) is 0 Å². The molecule has 0 saturated carbocycles. The summed E-state index contributed by atoms with van der Waals surface area (Å²) in [4.78, 5) is 7.24. The second kappa shape index (κ2) is 4.90. The van der Waals surface area contributed by atoms with E-state index in [0.717, 1.165) is 11.0 Å². The van der Waals surface area contributed by atoms with E-state index in [1.165, 1.54) is 0 Å². The number of fused-ring (bicyclic) bond motifs is 1. The van der Waals surface area contributed by atoms with Crippen molar-refractivity contribution in [2.24, 2.45) is 0 Å². The Morgan fingerprint density at radius 3 is 3.05 bits per heavy atom. The minimum absolute atomic E-state index is 0.579. The normalized spacial score (nSPS) is 10.8. The average Bonchev–Trinajstić information content (AvgIpc) is 2.99. The Labute approximate surface area is 119 Å². The maximum Gasteiger partial charge on any atom is 0.228 e. The van der Waals surface area contributed by atoms with Crippen LogP contribution in [0, 0.1) is 23.0 Å². The first kappa shape index (κ1) is 12.6. The van der Waals surface area contributed by atoms with Gasteiger partial charge in [-0.15, -0.1) is 0 Å². The van der Waals surface area contributed by atoms with Gasteiger partial charge in [0.05, 0.1) is 16.6 Å². The molecule has 0 bridgehead atoms. The molecule has 2 aromatic heterocycles. The van der Waals surface area contributed by atoms with E-state index in [2.05, 4.69) is 21.2 Å². The summed E-state index contributed by atoms with van der Waals surface area (Å²) in [5, 5.41) is 12.9. The number of nitrogens with zero attached hydrogens (tertiary/aromatic N) is 4. The van der Waals surface area contributed by atoms with Gasteiger partial charge in [-0.3, -0.25) is 0 Å². The number of imidazole rings is 1. The van der Waals surface area contributed by atoms with Gasteiger partial charge in [-0.2, -0.15) is 10.2 Å². The molecule has 6 nitrogen and oxygen atoms in total. The van der Waals surface area contributed by atoms with E-state index in [4.69, 9.17) is 22.0 Å². The fourth-order valence-electron chi connectivity index (χ4n) is 2.14. The number of nitrogens with one attached hydrogen (secondary N) is 1. The molecule has 0 radical (unpaired) electrons. The number of hydrogen-bond acceptors (Lipinski definition) is 5.